The van der Waals surface area contributed by atoms with E-state index >= 15 is 0 Å². The van der Waals surface area contributed by atoms with E-state index in [1.807, 2.05) is 31.2 Å². The minimum absolute atomic E-state index is 0.223. The molecule has 0 aliphatic carbocycles. The molecule has 0 saturated carbocycles. The molecule has 122 valence electrons. The Morgan fingerprint density at radius 1 is 1.29 bits per heavy atom. The van der Waals surface area contributed by atoms with Crippen molar-refractivity contribution in [2.45, 2.75) is 25.0 Å². The number of carbonyl (C=O) groups excluding carboxylic acids is 2. The third-order valence-corrected chi connectivity index (χ3v) is 4.99. The van der Waals surface area contributed by atoms with E-state index in [1.54, 1.807) is 0 Å². The fourth-order valence-electron chi connectivity index (χ4n) is 2.77. The van der Waals surface area contributed by atoms with Crippen molar-refractivity contribution < 1.29 is 18.4 Å². The molecule has 2 amide bonds. The Bertz CT molecular complexity index is 943. The number of thioether (sulfide) groups is 1. The van der Waals surface area contributed by atoms with Gasteiger partial charge in [-0.25, -0.2) is 4.98 Å². The first kappa shape index (κ1) is 15.0. The SMILES string of the molecule is Cc1ocnc1Cc1cc2cc(CC3SC(=O)NC3=O)ccc2o1. The first-order chi connectivity index (χ1) is 11.6. The van der Waals surface area contributed by atoms with Gasteiger partial charge in [0.1, 0.15) is 17.1 Å². The first-order valence-corrected chi connectivity index (χ1v) is 8.38. The van der Waals surface area contributed by atoms with Crippen molar-refractivity contribution in [1.82, 2.24) is 10.3 Å². The Kier molecular flexibility index (Phi) is 3.65. The van der Waals surface area contributed by atoms with Crippen molar-refractivity contribution in [1.29, 1.82) is 0 Å². The van der Waals surface area contributed by atoms with Gasteiger partial charge in [-0.3, -0.25) is 14.9 Å². The molecule has 1 unspecified atom stereocenters. The molecule has 6 nitrogen and oxygen atoms in total. The molecule has 3 aromatic rings. The Morgan fingerprint density at radius 2 is 2.17 bits per heavy atom. The molecule has 0 radical (unpaired) electrons. The van der Waals surface area contributed by atoms with E-state index in [4.69, 9.17) is 8.83 Å². The monoisotopic (exact) mass is 342 g/mol. The molecule has 1 saturated heterocycles. The zero-order valence-electron chi connectivity index (χ0n) is 12.9. The van der Waals surface area contributed by atoms with E-state index in [2.05, 4.69) is 10.3 Å². The van der Waals surface area contributed by atoms with Gasteiger partial charge in [0.15, 0.2) is 6.39 Å². The average Bonchev–Trinajstić information content (AvgIpc) is 3.20. The van der Waals surface area contributed by atoms with Crippen LogP contribution in [0.1, 0.15) is 22.8 Å². The zero-order valence-corrected chi connectivity index (χ0v) is 13.7. The summed E-state index contributed by atoms with van der Waals surface area (Å²) in [4.78, 5) is 27.1. The number of nitrogens with zero attached hydrogens (tertiary/aromatic N) is 1. The molecular weight excluding hydrogens is 328 g/mol. The second kappa shape index (κ2) is 5.83. The number of aryl methyl sites for hydroxylation is 1. The third kappa shape index (κ3) is 2.82. The van der Waals surface area contributed by atoms with Crippen molar-refractivity contribution >= 4 is 33.9 Å². The maximum atomic E-state index is 11.7. The van der Waals surface area contributed by atoms with Crippen molar-refractivity contribution in [3.63, 3.8) is 0 Å². The molecule has 1 aromatic carbocycles. The summed E-state index contributed by atoms with van der Waals surface area (Å²) in [5.74, 6) is 1.37. The number of nitrogens with one attached hydrogen (secondary N) is 1. The predicted octanol–water partition coefficient (Wildman–Crippen LogP) is 3.21. The van der Waals surface area contributed by atoms with Gasteiger partial charge in [0, 0.05) is 5.39 Å². The number of carbonyl (C=O) groups is 2. The second-order valence-electron chi connectivity index (χ2n) is 5.70. The topological polar surface area (TPSA) is 85.3 Å². The summed E-state index contributed by atoms with van der Waals surface area (Å²) in [5, 5.41) is 2.64. The molecular formula is C17H14N2O4S. The van der Waals surface area contributed by atoms with Crippen LogP contribution in [-0.4, -0.2) is 21.4 Å². The lowest BCUT2D eigenvalue weighted by Crippen LogP contribution is -2.25. The summed E-state index contributed by atoms with van der Waals surface area (Å²) < 4.78 is 11.0. The molecule has 1 aliphatic heterocycles. The number of oxazole rings is 1. The second-order valence-corrected chi connectivity index (χ2v) is 6.88. The highest BCUT2D eigenvalue weighted by molar-refractivity contribution is 8.15. The van der Waals surface area contributed by atoms with Crippen LogP contribution in [-0.2, 0) is 17.6 Å². The lowest BCUT2D eigenvalue weighted by Gasteiger charge is -2.04. The van der Waals surface area contributed by atoms with Gasteiger partial charge in [-0.15, -0.1) is 0 Å². The summed E-state index contributed by atoms with van der Waals surface area (Å²) in [7, 11) is 0. The van der Waals surface area contributed by atoms with Crippen LogP contribution in [0, 0.1) is 6.92 Å². The predicted molar refractivity (Wildman–Crippen MR) is 88.9 cm³/mol. The van der Waals surface area contributed by atoms with Gasteiger partial charge in [-0.2, -0.15) is 0 Å². The Labute approximate surface area is 141 Å². The molecule has 1 N–H and O–H groups in total. The number of furan rings is 1. The standard InChI is InChI=1S/C17H14N2O4S/c1-9-13(18-8-22-9)7-12-6-11-4-10(2-3-14(11)23-12)5-15-16(20)19-17(21)24-15/h2-4,6,8,15H,5,7H2,1H3,(H,19,20,21). The summed E-state index contributed by atoms with van der Waals surface area (Å²) >= 11 is 1.04. The summed E-state index contributed by atoms with van der Waals surface area (Å²) in [6.07, 6.45) is 2.51. The molecule has 1 atom stereocenters. The summed E-state index contributed by atoms with van der Waals surface area (Å²) in [6.45, 7) is 1.87. The van der Waals surface area contributed by atoms with Crippen LogP contribution in [0.4, 0.5) is 4.79 Å². The van der Waals surface area contributed by atoms with Crippen molar-refractivity contribution in [2.24, 2.45) is 0 Å². The maximum absolute atomic E-state index is 11.7. The number of hydrogen-bond donors (Lipinski definition) is 1. The Morgan fingerprint density at radius 3 is 2.88 bits per heavy atom. The molecule has 2 aromatic heterocycles. The number of benzene rings is 1. The highest BCUT2D eigenvalue weighted by atomic mass is 32.2. The quantitative estimate of drug-likeness (QED) is 0.783. The number of rotatable bonds is 4. The zero-order chi connectivity index (χ0) is 16.7. The lowest BCUT2D eigenvalue weighted by molar-refractivity contribution is -0.118. The fourth-order valence-corrected chi connectivity index (χ4v) is 3.63. The largest absolute Gasteiger partial charge is 0.461 e. The maximum Gasteiger partial charge on any atom is 0.286 e. The van der Waals surface area contributed by atoms with Crippen LogP contribution in [0.25, 0.3) is 11.0 Å². The van der Waals surface area contributed by atoms with Gasteiger partial charge in [0.25, 0.3) is 5.24 Å². The van der Waals surface area contributed by atoms with E-state index < -0.39 is 0 Å². The van der Waals surface area contributed by atoms with E-state index in [0.29, 0.717) is 12.8 Å². The number of imide groups is 1. The average molecular weight is 342 g/mol. The van der Waals surface area contributed by atoms with E-state index in [1.165, 1.54) is 6.39 Å². The smallest absolute Gasteiger partial charge is 0.286 e. The number of aromatic nitrogens is 1. The minimum atomic E-state index is -0.362. The molecule has 1 aliphatic rings. The van der Waals surface area contributed by atoms with Gasteiger partial charge in [-0.1, -0.05) is 17.8 Å². The molecule has 7 heteroatoms. The molecule has 4 rings (SSSR count). The van der Waals surface area contributed by atoms with Crippen LogP contribution >= 0.6 is 11.8 Å². The van der Waals surface area contributed by atoms with Crippen LogP contribution in [0.2, 0.25) is 0 Å². The molecule has 0 bridgehead atoms. The van der Waals surface area contributed by atoms with E-state index in [-0.39, 0.29) is 16.4 Å². The van der Waals surface area contributed by atoms with Crippen LogP contribution in [0.3, 0.4) is 0 Å². The van der Waals surface area contributed by atoms with Crippen LogP contribution < -0.4 is 5.32 Å². The molecule has 3 heterocycles. The Hall–Kier alpha value is -2.54. The normalized spacial score (nSPS) is 17.6. The highest BCUT2D eigenvalue weighted by Crippen LogP contribution is 2.27. The van der Waals surface area contributed by atoms with Gasteiger partial charge >= 0.3 is 0 Å². The van der Waals surface area contributed by atoms with Crippen LogP contribution in [0.5, 0.6) is 0 Å². The highest BCUT2D eigenvalue weighted by Gasteiger charge is 2.31. The molecule has 0 spiro atoms. The van der Waals surface area contributed by atoms with E-state index in [9.17, 15) is 9.59 Å². The number of hydrogen-bond acceptors (Lipinski definition) is 6. The third-order valence-electron chi connectivity index (χ3n) is 4.01. The number of fused-ring (bicyclic) bond motifs is 1. The first-order valence-electron chi connectivity index (χ1n) is 7.50. The van der Waals surface area contributed by atoms with E-state index in [0.717, 1.165) is 45.5 Å². The number of amides is 2. The van der Waals surface area contributed by atoms with Crippen molar-refractivity contribution in [2.75, 3.05) is 0 Å². The summed E-state index contributed by atoms with van der Waals surface area (Å²) in [6, 6.07) is 7.78. The minimum Gasteiger partial charge on any atom is -0.461 e. The summed E-state index contributed by atoms with van der Waals surface area (Å²) in [5.41, 5.74) is 2.64. The van der Waals surface area contributed by atoms with Crippen molar-refractivity contribution in [3.8, 4) is 0 Å². The molecule has 1 fully saturated rings. The van der Waals surface area contributed by atoms with Crippen LogP contribution in [0.15, 0.2) is 39.5 Å². The Balaban J connectivity index is 1.56. The van der Waals surface area contributed by atoms with Gasteiger partial charge in [-0.05, 0) is 37.1 Å². The van der Waals surface area contributed by atoms with Gasteiger partial charge in [0.05, 0.1) is 17.4 Å². The molecule has 24 heavy (non-hydrogen) atoms. The fraction of sp³-hybridized carbons (Fsp3) is 0.235. The van der Waals surface area contributed by atoms with Gasteiger partial charge < -0.3 is 8.83 Å². The van der Waals surface area contributed by atoms with Crippen molar-refractivity contribution in [3.05, 3.63) is 53.4 Å². The lowest BCUT2D eigenvalue weighted by atomic mass is 10.1. The van der Waals surface area contributed by atoms with Gasteiger partial charge in [0.2, 0.25) is 5.91 Å².